The highest BCUT2D eigenvalue weighted by Gasteiger charge is 2.34. The van der Waals surface area contributed by atoms with E-state index in [4.69, 9.17) is 23.7 Å². The molecule has 0 spiro atoms. The molecule has 0 radical (unpaired) electrons. The zero-order valence-electron chi connectivity index (χ0n) is 29.9. The number of ether oxygens (including phenoxy) is 5. The number of rotatable bonds is 13. The number of aliphatic hydroxyl groups is 1. The van der Waals surface area contributed by atoms with Crippen molar-refractivity contribution in [3.8, 4) is 22.6 Å². The minimum absolute atomic E-state index is 0.00845. The molecular weight excluding hydrogens is 662 g/mol. The average molecular weight is 710 g/mol. The molecule has 11 heteroatoms. The molecule has 0 bridgehead atoms. The van der Waals surface area contributed by atoms with Gasteiger partial charge in [0.15, 0.2) is 17.8 Å². The number of carbonyl (C=O) groups excluding carboxylic acids is 2. The highest BCUT2D eigenvalue weighted by atomic mass is 16.7. The van der Waals surface area contributed by atoms with Gasteiger partial charge in [0.05, 0.1) is 39.6 Å². The first kappa shape index (κ1) is 36.8. The molecule has 0 aromatic heterocycles. The van der Waals surface area contributed by atoms with E-state index in [1.54, 1.807) is 21.1 Å². The molecule has 3 atom stereocenters. The van der Waals surface area contributed by atoms with Gasteiger partial charge in [0.1, 0.15) is 6.54 Å². The monoisotopic (exact) mass is 709 g/mol. The van der Waals surface area contributed by atoms with Gasteiger partial charge >= 0.3 is 12.0 Å². The van der Waals surface area contributed by atoms with Crippen LogP contribution < -0.4 is 20.1 Å². The number of nitrogens with zero attached hydrogens (tertiary/aromatic N) is 1. The Labute approximate surface area is 304 Å². The van der Waals surface area contributed by atoms with Gasteiger partial charge in [-0.25, -0.2) is 4.79 Å². The molecule has 2 heterocycles. The largest absolute Gasteiger partial charge is 0.493 e. The molecule has 1 saturated heterocycles. The predicted octanol–water partition coefficient (Wildman–Crippen LogP) is 5.83. The summed E-state index contributed by atoms with van der Waals surface area (Å²) in [4.78, 5) is 26.1. The summed E-state index contributed by atoms with van der Waals surface area (Å²) < 4.78 is 29.3. The van der Waals surface area contributed by atoms with Gasteiger partial charge in [0.2, 0.25) is 0 Å². The Morgan fingerprint density at radius 1 is 0.846 bits per heavy atom. The molecule has 2 aliphatic rings. The van der Waals surface area contributed by atoms with E-state index in [-0.39, 0.29) is 32.0 Å². The molecule has 2 aliphatic heterocycles. The average Bonchev–Trinajstić information content (AvgIpc) is 3.19. The van der Waals surface area contributed by atoms with Gasteiger partial charge in [-0.15, -0.1) is 0 Å². The number of methoxy groups -OCH3 is 2. The van der Waals surface area contributed by atoms with Gasteiger partial charge in [-0.1, -0.05) is 66.7 Å². The van der Waals surface area contributed by atoms with Gasteiger partial charge in [-0.05, 0) is 70.5 Å². The highest BCUT2D eigenvalue weighted by molar-refractivity contribution is 5.80. The Hall–Kier alpha value is -4.94. The van der Waals surface area contributed by atoms with Gasteiger partial charge in [-0.2, -0.15) is 0 Å². The number of hydrogen-bond acceptors (Lipinski definition) is 9. The zero-order chi connectivity index (χ0) is 36.5. The van der Waals surface area contributed by atoms with Crippen molar-refractivity contribution in [1.29, 1.82) is 0 Å². The lowest BCUT2D eigenvalue weighted by molar-refractivity contribution is -0.253. The number of amides is 2. The number of esters is 1. The first-order valence-corrected chi connectivity index (χ1v) is 17.7. The molecule has 11 nitrogen and oxygen atoms in total. The molecule has 0 unspecified atom stereocenters. The third kappa shape index (κ3) is 9.29. The van der Waals surface area contributed by atoms with E-state index in [0.717, 1.165) is 70.9 Å². The summed E-state index contributed by atoms with van der Waals surface area (Å²) in [5.74, 6) is 1.01. The van der Waals surface area contributed by atoms with E-state index < -0.39 is 18.3 Å². The van der Waals surface area contributed by atoms with Crippen LogP contribution in [0.5, 0.6) is 11.5 Å². The second-order valence-electron chi connectivity index (χ2n) is 13.0. The van der Waals surface area contributed by atoms with Crippen molar-refractivity contribution in [3.05, 3.63) is 118 Å². The van der Waals surface area contributed by atoms with Crippen LogP contribution in [0, 0.1) is 0 Å². The fourth-order valence-corrected chi connectivity index (χ4v) is 6.72. The van der Waals surface area contributed by atoms with Crippen molar-refractivity contribution < 1.29 is 38.4 Å². The zero-order valence-corrected chi connectivity index (χ0v) is 29.9. The van der Waals surface area contributed by atoms with E-state index in [1.807, 2.05) is 60.7 Å². The molecule has 3 N–H and O–H groups in total. The number of urea groups is 1. The number of nitrogens with one attached hydrogen (secondary N) is 2. The van der Waals surface area contributed by atoms with Crippen molar-refractivity contribution in [2.75, 3.05) is 40.5 Å². The molecular formula is C41H47N3O8. The standard InChI is InChI=1S/C41H47N3O8/c1-4-50-39(46)23-43-41(47)42-22-28-6-5-7-32(18-28)29-12-14-31(15-13-29)40-51-35(21-36(52-40)30-10-8-27(26-45)9-11-30)25-44-17-16-33-19-37(48-2)38(49-3)20-34(33)24-44/h5-15,18-20,35-36,40,45H,4,16-17,21-26H2,1-3H3,(H2,42,43,47)/t35-,36+,40+/m0/s1. The summed E-state index contributed by atoms with van der Waals surface area (Å²) in [5, 5.41) is 14.9. The molecule has 0 aliphatic carbocycles. The number of hydrogen-bond donors (Lipinski definition) is 3. The first-order valence-electron chi connectivity index (χ1n) is 17.7. The molecule has 52 heavy (non-hydrogen) atoms. The van der Waals surface area contributed by atoms with Gasteiger partial charge in [0, 0.05) is 38.2 Å². The Balaban J connectivity index is 1.14. The van der Waals surface area contributed by atoms with E-state index in [9.17, 15) is 14.7 Å². The lowest BCUT2D eigenvalue weighted by Gasteiger charge is -2.39. The number of fused-ring (bicyclic) bond motifs is 1. The second kappa shape index (κ2) is 17.5. The summed E-state index contributed by atoms with van der Waals surface area (Å²) in [6.45, 7) is 4.54. The normalized spacial score (nSPS) is 18.6. The van der Waals surface area contributed by atoms with Crippen LogP contribution in [-0.2, 0) is 45.1 Å². The summed E-state index contributed by atoms with van der Waals surface area (Å²) in [6, 6.07) is 27.8. The molecule has 1 fully saturated rings. The SMILES string of the molecule is CCOC(=O)CNC(=O)NCc1cccc(-c2ccc([C@@H]3O[C@H](CN4CCc5cc(OC)c(OC)cc5C4)C[C@H](c4ccc(CO)cc4)O3)cc2)c1. The van der Waals surface area contributed by atoms with Gasteiger partial charge in [0.25, 0.3) is 0 Å². The fourth-order valence-electron chi connectivity index (χ4n) is 6.72. The van der Waals surface area contributed by atoms with E-state index >= 15 is 0 Å². The van der Waals surface area contributed by atoms with Crippen LogP contribution in [0.2, 0.25) is 0 Å². The third-order valence-electron chi connectivity index (χ3n) is 9.47. The highest BCUT2D eigenvalue weighted by Crippen LogP contribution is 2.40. The van der Waals surface area contributed by atoms with Crippen molar-refractivity contribution >= 4 is 12.0 Å². The van der Waals surface area contributed by atoms with E-state index in [0.29, 0.717) is 13.0 Å². The third-order valence-corrected chi connectivity index (χ3v) is 9.47. The number of benzene rings is 4. The summed E-state index contributed by atoms with van der Waals surface area (Å²) in [7, 11) is 3.33. The minimum atomic E-state index is -0.569. The number of carbonyl (C=O) groups is 2. The van der Waals surface area contributed by atoms with Crippen LogP contribution in [0.15, 0.2) is 84.9 Å². The quantitative estimate of drug-likeness (QED) is 0.147. The van der Waals surface area contributed by atoms with Crippen molar-refractivity contribution in [2.24, 2.45) is 0 Å². The first-order chi connectivity index (χ1) is 25.3. The topological polar surface area (TPSA) is 128 Å². The van der Waals surface area contributed by atoms with Gasteiger partial charge in [-0.3, -0.25) is 9.69 Å². The lowest BCUT2D eigenvalue weighted by Crippen LogP contribution is -2.41. The summed E-state index contributed by atoms with van der Waals surface area (Å²) in [6.07, 6.45) is 0.776. The molecule has 6 rings (SSSR count). The summed E-state index contributed by atoms with van der Waals surface area (Å²) >= 11 is 0. The smallest absolute Gasteiger partial charge is 0.325 e. The Bertz CT molecular complexity index is 1810. The Kier molecular flexibility index (Phi) is 12.4. The summed E-state index contributed by atoms with van der Waals surface area (Å²) in [5.41, 5.74) is 8.27. The Morgan fingerprint density at radius 3 is 2.29 bits per heavy atom. The maximum atomic E-state index is 12.2. The maximum Gasteiger partial charge on any atom is 0.325 e. The lowest BCUT2D eigenvalue weighted by atomic mass is 9.96. The van der Waals surface area contributed by atoms with Crippen LogP contribution in [0.3, 0.4) is 0 Å². The van der Waals surface area contributed by atoms with Crippen molar-refractivity contribution in [3.63, 3.8) is 0 Å². The van der Waals surface area contributed by atoms with E-state index in [2.05, 4.69) is 39.8 Å². The van der Waals surface area contributed by atoms with Crippen molar-refractivity contribution in [2.45, 2.75) is 58.0 Å². The molecule has 0 saturated carbocycles. The molecule has 2 amide bonds. The van der Waals surface area contributed by atoms with Crippen LogP contribution in [0.4, 0.5) is 4.79 Å². The molecule has 4 aromatic carbocycles. The number of aliphatic hydroxyl groups excluding tert-OH is 1. The van der Waals surface area contributed by atoms with Crippen LogP contribution in [0.1, 0.15) is 59.1 Å². The van der Waals surface area contributed by atoms with Crippen LogP contribution >= 0.6 is 0 Å². The predicted molar refractivity (Wildman–Crippen MR) is 196 cm³/mol. The second-order valence-corrected chi connectivity index (χ2v) is 13.0. The Morgan fingerprint density at radius 2 is 1.58 bits per heavy atom. The maximum absolute atomic E-state index is 12.2. The molecule has 274 valence electrons. The van der Waals surface area contributed by atoms with E-state index in [1.165, 1.54) is 11.1 Å². The van der Waals surface area contributed by atoms with Crippen molar-refractivity contribution in [1.82, 2.24) is 15.5 Å². The fraction of sp³-hybridized carbons (Fsp3) is 0.366. The van der Waals surface area contributed by atoms with Crippen LogP contribution in [0.25, 0.3) is 11.1 Å². The van der Waals surface area contributed by atoms with Gasteiger partial charge < -0.3 is 39.4 Å². The van der Waals surface area contributed by atoms with Crippen LogP contribution in [-0.4, -0.2) is 68.6 Å². The minimum Gasteiger partial charge on any atom is -0.493 e. The molecule has 4 aromatic rings.